The summed E-state index contributed by atoms with van der Waals surface area (Å²) < 4.78 is 6.91. The van der Waals surface area contributed by atoms with Gasteiger partial charge in [0.15, 0.2) is 0 Å². The lowest BCUT2D eigenvalue weighted by Gasteiger charge is -2.21. The summed E-state index contributed by atoms with van der Waals surface area (Å²) in [5, 5.41) is 7.24. The van der Waals surface area contributed by atoms with Crippen molar-refractivity contribution < 1.29 is 14.3 Å². The summed E-state index contributed by atoms with van der Waals surface area (Å²) in [6, 6.07) is 9.79. The molecule has 35 heavy (non-hydrogen) atoms. The van der Waals surface area contributed by atoms with E-state index in [1.165, 1.54) is 6.20 Å². The molecule has 0 saturated carbocycles. The number of carbonyl (C=O) groups is 2. The van der Waals surface area contributed by atoms with E-state index in [0.717, 1.165) is 17.0 Å². The second-order valence-corrected chi connectivity index (χ2v) is 8.58. The van der Waals surface area contributed by atoms with Crippen molar-refractivity contribution in [1.82, 2.24) is 20.3 Å². The SMILES string of the molecule is CCn1cc(C(=O)NC(C(=O)N/N=C(\C)c2ccc(OC)cc2)C(C)C)c(=O)c2ccc(C)nc21. The fourth-order valence-corrected chi connectivity index (χ4v) is 3.62. The molecule has 184 valence electrons. The lowest BCUT2D eigenvalue weighted by molar-refractivity contribution is -0.123. The fraction of sp³-hybridized carbons (Fsp3) is 0.346. The van der Waals surface area contributed by atoms with Gasteiger partial charge in [-0.05, 0) is 68.7 Å². The molecule has 0 spiro atoms. The first-order valence-corrected chi connectivity index (χ1v) is 11.5. The smallest absolute Gasteiger partial charge is 0.262 e. The Kier molecular flexibility index (Phi) is 8.01. The molecule has 3 aromatic rings. The van der Waals surface area contributed by atoms with E-state index in [1.54, 1.807) is 42.9 Å². The molecule has 0 saturated heterocycles. The van der Waals surface area contributed by atoms with E-state index in [1.807, 2.05) is 39.8 Å². The highest BCUT2D eigenvalue weighted by Crippen LogP contribution is 2.13. The minimum absolute atomic E-state index is 0.0404. The third-order valence-corrected chi connectivity index (χ3v) is 5.72. The summed E-state index contributed by atoms with van der Waals surface area (Å²) in [5.74, 6) is -0.622. The minimum Gasteiger partial charge on any atom is -0.497 e. The molecule has 0 fully saturated rings. The maximum absolute atomic E-state index is 13.1. The van der Waals surface area contributed by atoms with Gasteiger partial charge in [0, 0.05) is 18.4 Å². The van der Waals surface area contributed by atoms with Gasteiger partial charge in [-0.25, -0.2) is 10.4 Å². The molecule has 2 amide bonds. The molecule has 0 aliphatic rings. The number of benzene rings is 1. The standard InChI is InChI=1S/C26H31N5O4/c1-7-31-14-21(23(32)20-13-8-16(4)27-24(20)31)25(33)28-22(15(2)3)26(34)30-29-17(5)18-9-11-19(35-6)12-10-18/h8-15,22H,7H2,1-6H3,(H,28,33)(H,30,34)/b29-17+. The van der Waals surface area contributed by atoms with Gasteiger partial charge < -0.3 is 14.6 Å². The number of fused-ring (bicyclic) bond motifs is 1. The van der Waals surface area contributed by atoms with Crippen LogP contribution in [0.25, 0.3) is 11.0 Å². The number of hydrogen-bond donors (Lipinski definition) is 2. The molecular weight excluding hydrogens is 446 g/mol. The largest absolute Gasteiger partial charge is 0.497 e. The van der Waals surface area contributed by atoms with Gasteiger partial charge in [0.1, 0.15) is 23.0 Å². The number of aryl methyl sites for hydroxylation is 2. The monoisotopic (exact) mass is 477 g/mol. The van der Waals surface area contributed by atoms with Gasteiger partial charge in [0.2, 0.25) is 5.43 Å². The molecule has 2 heterocycles. The first-order valence-electron chi connectivity index (χ1n) is 11.5. The highest BCUT2D eigenvalue weighted by atomic mass is 16.5. The average molecular weight is 478 g/mol. The van der Waals surface area contributed by atoms with Crippen LogP contribution in [-0.4, -0.2) is 40.2 Å². The lowest BCUT2D eigenvalue weighted by Crippen LogP contribution is -2.49. The van der Waals surface area contributed by atoms with Crippen molar-refractivity contribution in [3.8, 4) is 5.75 Å². The zero-order valence-electron chi connectivity index (χ0n) is 20.9. The number of hydrogen-bond acceptors (Lipinski definition) is 6. The van der Waals surface area contributed by atoms with Crippen LogP contribution in [0.4, 0.5) is 0 Å². The van der Waals surface area contributed by atoms with E-state index in [0.29, 0.717) is 23.3 Å². The Balaban J connectivity index is 1.82. The van der Waals surface area contributed by atoms with Crippen molar-refractivity contribution in [3.05, 3.63) is 69.6 Å². The predicted octanol–water partition coefficient (Wildman–Crippen LogP) is 3.03. The number of methoxy groups -OCH3 is 1. The molecule has 0 aliphatic carbocycles. The van der Waals surface area contributed by atoms with Crippen molar-refractivity contribution >= 4 is 28.6 Å². The summed E-state index contributed by atoms with van der Waals surface area (Å²) >= 11 is 0. The molecule has 1 unspecified atom stereocenters. The van der Waals surface area contributed by atoms with E-state index in [9.17, 15) is 14.4 Å². The summed E-state index contributed by atoms with van der Waals surface area (Å²) in [7, 11) is 1.59. The van der Waals surface area contributed by atoms with Crippen LogP contribution in [0.3, 0.4) is 0 Å². The topological polar surface area (TPSA) is 115 Å². The predicted molar refractivity (Wildman–Crippen MR) is 136 cm³/mol. The van der Waals surface area contributed by atoms with Gasteiger partial charge in [-0.2, -0.15) is 5.10 Å². The van der Waals surface area contributed by atoms with Crippen LogP contribution in [0.1, 0.15) is 49.3 Å². The molecule has 0 aliphatic heterocycles. The highest BCUT2D eigenvalue weighted by Gasteiger charge is 2.26. The van der Waals surface area contributed by atoms with Gasteiger partial charge in [0.05, 0.1) is 18.2 Å². The number of rotatable bonds is 8. The number of nitrogens with one attached hydrogen (secondary N) is 2. The fourth-order valence-electron chi connectivity index (χ4n) is 3.62. The second-order valence-electron chi connectivity index (χ2n) is 8.58. The zero-order chi connectivity index (χ0) is 25.7. The number of ether oxygens (including phenoxy) is 1. The molecular formula is C26H31N5O4. The number of carbonyl (C=O) groups excluding carboxylic acids is 2. The van der Waals surface area contributed by atoms with E-state index in [2.05, 4.69) is 20.8 Å². The third kappa shape index (κ3) is 5.74. The first-order chi connectivity index (χ1) is 16.7. The molecule has 1 aromatic carbocycles. The van der Waals surface area contributed by atoms with Crippen LogP contribution in [0.2, 0.25) is 0 Å². The molecule has 2 N–H and O–H groups in total. The van der Waals surface area contributed by atoms with Crippen molar-refractivity contribution in [2.24, 2.45) is 11.0 Å². The number of aromatic nitrogens is 2. The Hall–Kier alpha value is -4.01. The van der Waals surface area contributed by atoms with Gasteiger partial charge >= 0.3 is 0 Å². The number of nitrogens with zero attached hydrogens (tertiary/aromatic N) is 3. The molecule has 3 rings (SSSR count). The van der Waals surface area contributed by atoms with Crippen LogP contribution >= 0.6 is 0 Å². The Bertz CT molecular complexity index is 1330. The Morgan fingerprint density at radius 1 is 1.14 bits per heavy atom. The molecule has 0 bridgehead atoms. The van der Waals surface area contributed by atoms with Crippen molar-refractivity contribution in [1.29, 1.82) is 0 Å². The Morgan fingerprint density at radius 3 is 2.43 bits per heavy atom. The quantitative estimate of drug-likeness (QED) is 0.382. The van der Waals surface area contributed by atoms with Crippen molar-refractivity contribution in [3.63, 3.8) is 0 Å². The first kappa shape index (κ1) is 25.6. The average Bonchev–Trinajstić information content (AvgIpc) is 2.85. The number of hydrazone groups is 1. The normalized spacial score (nSPS) is 12.5. The van der Waals surface area contributed by atoms with Gasteiger partial charge in [-0.1, -0.05) is 13.8 Å². The van der Waals surface area contributed by atoms with Crippen molar-refractivity contribution in [2.45, 2.75) is 47.2 Å². The zero-order valence-corrected chi connectivity index (χ0v) is 20.9. The van der Waals surface area contributed by atoms with Gasteiger partial charge in [0.25, 0.3) is 11.8 Å². The lowest BCUT2D eigenvalue weighted by atomic mass is 10.0. The van der Waals surface area contributed by atoms with Crippen LogP contribution in [0, 0.1) is 12.8 Å². The summed E-state index contributed by atoms with van der Waals surface area (Å²) in [5.41, 5.74) is 4.78. The Morgan fingerprint density at radius 2 is 1.83 bits per heavy atom. The maximum atomic E-state index is 13.1. The van der Waals surface area contributed by atoms with Crippen molar-refractivity contribution in [2.75, 3.05) is 7.11 Å². The van der Waals surface area contributed by atoms with Crippen LogP contribution < -0.4 is 20.9 Å². The number of pyridine rings is 2. The van der Waals surface area contributed by atoms with E-state index >= 15 is 0 Å². The molecule has 2 aromatic heterocycles. The third-order valence-electron chi connectivity index (χ3n) is 5.72. The maximum Gasteiger partial charge on any atom is 0.262 e. The Labute approximate surface area is 204 Å². The molecule has 1 atom stereocenters. The van der Waals surface area contributed by atoms with E-state index in [-0.39, 0.29) is 11.5 Å². The van der Waals surface area contributed by atoms with Crippen LogP contribution in [0.5, 0.6) is 5.75 Å². The van der Waals surface area contributed by atoms with Gasteiger partial charge in [-0.15, -0.1) is 0 Å². The van der Waals surface area contributed by atoms with E-state index < -0.39 is 23.3 Å². The minimum atomic E-state index is -0.892. The van der Waals surface area contributed by atoms with E-state index in [4.69, 9.17) is 4.74 Å². The second kappa shape index (κ2) is 10.9. The number of amides is 2. The molecule has 9 heteroatoms. The molecule has 0 radical (unpaired) electrons. The summed E-state index contributed by atoms with van der Waals surface area (Å²) in [4.78, 5) is 43.5. The summed E-state index contributed by atoms with van der Waals surface area (Å²) in [6.07, 6.45) is 1.49. The summed E-state index contributed by atoms with van der Waals surface area (Å²) in [6.45, 7) is 9.66. The molecule has 9 nitrogen and oxygen atoms in total. The van der Waals surface area contributed by atoms with Crippen LogP contribution in [-0.2, 0) is 11.3 Å². The van der Waals surface area contributed by atoms with Crippen LogP contribution in [0.15, 0.2) is 52.5 Å². The highest BCUT2D eigenvalue weighted by molar-refractivity contribution is 6.01. The van der Waals surface area contributed by atoms with Gasteiger partial charge in [-0.3, -0.25) is 14.4 Å².